The Morgan fingerprint density at radius 1 is 1.47 bits per heavy atom. The predicted octanol–water partition coefficient (Wildman–Crippen LogP) is 1.58. The summed E-state index contributed by atoms with van der Waals surface area (Å²) in [6, 6.07) is 1.82. The maximum Gasteiger partial charge on any atom is 0.213 e. The van der Waals surface area contributed by atoms with Gasteiger partial charge < -0.3 is 5.73 Å². The highest BCUT2D eigenvalue weighted by atomic mass is 32.1. The SMILES string of the molecule is Cc1cncc(C(=O)c2csc(CCN)n2)c1. The van der Waals surface area contributed by atoms with Crippen molar-refractivity contribution >= 4 is 17.1 Å². The summed E-state index contributed by atoms with van der Waals surface area (Å²) in [4.78, 5) is 20.4. The van der Waals surface area contributed by atoms with Gasteiger partial charge >= 0.3 is 0 Å². The molecule has 0 aliphatic rings. The second kappa shape index (κ2) is 5.16. The molecule has 0 fully saturated rings. The number of pyridine rings is 1. The third kappa shape index (κ3) is 2.75. The van der Waals surface area contributed by atoms with E-state index in [2.05, 4.69) is 9.97 Å². The van der Waals surface area contributed by atoms with Crippen molar-refractivity contribution in [3.8, 4) is 0 Å². The van der Waals surface area contributed by atoms with Crippen molar-refractivity contribution < 1.29 is 4.79 Å². The number of thiazole rings is 1. The Morgan fingerprint density at radius 3 is 3.00 bits per heavy atom. The van der Waals surface area contributed by atoms with E-state index in [0.717, 1.165) is 10.6 Å². The zero-order chi connectivity index (χ0) is 12.3. The molecule has 17 heavy (non-hydrogen) atoms. The molecule has 5 heteroatoms. The maximum atomic E-state index is 12.1. The van der Waals surface area contributed by atoms with Crippen LogP contribution in [0.2, 0.25) is 0 Å². The van der Waals surface area contributed by atoms with E-state index in [1.165, 1.54) is 11.3 Å². The summed E-state index contributed by atoms with van der Waals surface area (Å²) in [5, 5.41) is 2.67. The van der Waals surface area contributed by atoms with Crippen molar-refractivity contribution in [1.82, 2.24) is 9.97 Å². The van der Waals surface area contributed by atoms with Crippen LogP contribution in [0.25, 0.3) is 0 Å². The molecule has 0 saturated heterocycles. The molecule has 2 N–H and O–H groups in total. The quantitative estimate of drug-likeness (QED) is 0.833. The standard InChI is InChI=1S/C12H13N3OS/c1-8-4-9(6-14-5-8)12(16)10-7-17-11(15-10)2-3-13/h4-7H,2-3,13H2,1H3. The molecule has 0 aromatic carbocycles. The van der Waals surface area contributed by atoms with Gasteiger partial charge in [0.15, 0.2) is 0 Å². The first-order valence-electron chi connectivity index (χ1n) is 5.31. The summed E-state index contributed by atoms with van der Waals surface area (Å²) in [5.74, 6) is -0.0827. The second-order valence-corrected chi connectivity index (χ2v) is 4.69. The van der Waals surface area contributed by atoms with E-state index < -0.39 is 0 Å². The number of carbonyl (C=O) groups excluding carboxylic acids is 1. The van der Waals surface area contributed by atoms with Crippen molar-refractivity contribution in [2.24, 2.45) is 5.73 Å². The molecule has 0 unspecified atom stereocenters. The number of nitrogens with zero attached hydrogens (tertiary/aromatic N) is 2. The lowest BCUT2D eigenvalue weighted by Gasteiger charge is -1.98. The van der Waals surface area contributed by atoms with Crippen molar-refractivity contribution in [3.63, 3.8) is 0 Å². The van der Waals surface area contributed by atoms with E-state index in [1.54, 1.807) is 17.8 Å². The fourth-order valence-corrected chi connectivity index (χ4v) is 2.27. The second-order valence-electron chi connectivity index (χ2n) is 3.75. The van der Waals surface area contributed by atoms with Crippen molar-refractivity contribution in [1.29, 1.82) is 0 Å². The van der Waals surface area contributed by atoms with Crippen LogP contribution in [-0.4, -0.2) is 22.3 Å². The summed E-state index contributed by atoms with van der Waals surface area (Å²) in [6.07, 6.45) is 4.00. The van der Waals surface area contributed by atoms with Gasteiger partial charge in [-0.1, -0.05) is 0 Å². The summed E-state index contributed by atoms with van der Waals surface area (Å²) >= 11 is 1.47. The van der Waals surface area contributed by atoms with Gasteiger partial charge in [-0.25, -0.2) is 4.98 Å². The highest BCUT2D eigenvalue weighted by Gasteiger charge is 2.13. The Kier molecular flexibility index (Phi) is 3.61. The topological polar surface area (TPSA) is 68.9 Å². The molecule has 0 spiro atoms. The minimum absolute atomic E-state index is 0.0827. The molecule has 0 radical (unpaired) electrons. The van der Waals surface area contributed by atoms with Gasteiger partial charge in [0.2, 0.25) is 5.78 Å². The fraction of sp³-hybridized carbons (Fsp3) is 0.250. The molecule has 2 rings (SSSR count). The first-order valence-corrected chi connectivity index (χ1v) is 6.19. The van der Waals surface area contributed by atoms with E-state index in [1.807, 2.05) is 13.0 Å². The maximum absolute atomic E-state index is 12.1. The third-order valence-electron chi connectivity index (χ3n) is 2.28. The van der Waals surface area contributed by atoms with E-state index in [0.29, 0.717) is 24.2 Å². The summed E-state index contributed by atoms with van der Waals surface area (Å²) in [5.41, 5.74) is 7.47. The number of hydrogen-bond donors (Lipinski definition) is 1. The van der Waals surface area contributed by atoms with Crippen LogP contribution < -0.4 is 5.73 Å². The number of hydrogen-bond acceptors (Lipinski definition) is 5. The molecule has 0 atom stereocenters. The Hall–Kier alpha value is -1.59. The number of rotatable bonds is 4. The first kappa shape index (κ1) is 11.9. The monoisotopic (exact) mass is 247 g/mol. The van der Waals surface area contributed by atoms with Gasteiger partial charge in [0.05, 0.1) is 5.01 Å². The zero-order valence-electron chi connectivity index (χ0n) is 9.51. The van der Waals surface area contributed by atoms with Gasteiger partial charge in [-0.15, -0.1) is 11.3 Å². The minimum atomic E-state index is -0.0827. The van der Waals surface area contributed by atoms with Crippen LogP contribution >= 0.6 is 11.3 Å². The molecule has 2 aromatic rings. The number of nitrogens with two attached hydrogens (primary N) is 1. The number of ketones is 1. The highest BCUT2D eigenvalue weighted by molar-refractivity contribution is 7.09. The lowest BCUT2D eigenvalue weighted by Crippen LogP contribution is -2.05. The highest BCUT2D eigenvalue weighted by Crippen LogP contribution is 2.14. The van der Waals surface area contributed by atoms with Gasteiger partial charge in [0, 0.05) is 29.8 Å². The van der Waals surface area contributed by atoms with Crippen molar-refractivity contribution in [2.75, 3.05) is 6.54 Å². The Balaban J connectivity index is 2.24. The van der Waals surface area contributed by atoms with E-state index in [9.17, 15) is 4.79 Å². The van der Waals surface area contributed by atoms with Crippen LogP contribution in [0.15, 0.2) is 23.8 Å². The van der Waals surface area contributed by atoms with E-state index in [4.69, 9.17) is 5.73 Å². The molecule has 0 amide bonds. The van der Waals surface area contributed by atoms with Crippen LogP contribution in [0.4, 0.5) is 0 Å². The molecule has 0 aliphatic heterocycles. The lowest BCUT2D eigenvalue weighted by atomic mass is 10.1. The molecule has 0 aliphatic carbocycles. The fourth-order valence-electron chi connectivity index (χ4n) is 1.48. The van der Waals surface area contributed by atoms with Crippen LogP contribution in [0.3, 0.4) is 0 Å². The van der Waals surface area contributed by atoms with Crippen LogP contribution in [0.1, 0.15) is 26.6 Å². The summed E-state index contributed by atoms with van der Waals surface area (Å²) < 4.78 is 0. The first-order chi connectivity index (χ1) is 8.20. The predicted molar refractivity (Wildman–Crippen MR) is 67.3 cm³/mol. The number of carbonyl (C=O) groups is 1. The zero-order valence-corrected chi connectivity index (χ0v) is 10.3. The molecule has 4 nitrogen and oxygen atoms in total. The molecule has 2 aromatic heterocycles. The van der Waals surface area contributed by atoms with Gasteiger partial charge in [0.1, 0.15) is 5.69 Å². The minimum Gasteiger partial charge on any atom is -0.330 e. The van der Waals surface area contributed by atoms with E-state index >= 15 is 0 Å². The average molecular weight is 247 g/mol. The molecule has 0 bridgehead atoms. The Labute approximate surface area is 104 Å². The van der Waals surface area contributed by atoms with Gasteiger partial charge in [-0.3, -0.25) is 9.78 Å². The Bertz CT molecular complexity index is 536. The van der Waals surface area contributed by atoms with Gasteiger partial charge in [0.25, 0.3) is 0 Å². The largest absolute Gasteiger partial charge is 0.330 e. The smallest absolute Gasteiger partial charge is 0.213 e. The van der Waals surface area contributed by atoms with E-state index in [-0.39, 0.29) is 5.78 Å². The van der Waals surface area contributed by atoms with Crippen LogP contribution in [-0.2, 0) is 6.42 Å². The summed E-state index contributed by atoms with van der Waals surface area (Å²) in [7, 11) is 0. The van der Waals surface area contributed by atoms with Gasteiger partial charge in [-0.05, 0) is 25.1 Å². The normalized spacial score (nSPS) is 10.5. The third-order valence-corrected chi connectivity index (χ3v) is 3.19. The molecular formula is C12H13N3OS. The Morgan fingerprint density at radius 2 is 2.29 bits per heavy atom. The van der Waals surface area contributed by atoms with Crippen molar-refractivity contribution in [2.45, 2.75) is 13.3 Å². The molecule has 2 heterocycles. The molecule has 0 saturated carbocycles. The molecule has 88 valence electrons. The average Bonchev–Trinajstić information content (AvgIpc) is 2.77. The van der Waals surface area contributed by atoms with Crippen LogP contribution in [0, 0.1) is 6.92 Å². The number of aryl methyl sites for hydroxylation is 1. The lowest BCUT2D eigenvalue weighted by molar-refractivity contribution is 0.103. The summed E-state index contributed by atoms with van der Waals surface area (Å²) in [6.45, 7) is 2.46. The van der Waals surface area contributed by atoms with Crippen LogP contribution in [0.5, 0.6) is 0 Å². The van der Waals surface area contributed by atoms with Gasteiger partial charge in [-0.2, -0.15) is 0 Å². The van der Waals surface area contributed by atoms with Crippen molar-refractivity contribution in [3.05, 3.63) is 45.7 Å². The molecular weight excluding hydrogens is 234 g/mol. The number of aromatic nitrogens is 2.